The summed E-state index contributed by atoms with van der Waals surface area (Å²) in [6.45, 7) is 6.96. The molecular formula is C21H23N3O2. The Bertz CT molecular complexity index is 882. The van der Waals surface area contributed by atoms with Crippen LogP contribution in [0.15, 0.2) is 52.9 Å². The average Bonchev–Trinajstić information content (AvgIpc) is 3.11. The molecule has 26 heavy (non-hydrogen) atoms. The number of carbonyl (C=O) groups is 1. The van der Waals surface area contributed by atoms with Crippen LogP contribution in [0.4, 0.5) is 0 Å². The summed E-state index contributed by atoms with van der Waals surface area (Å²) in [5.41, 5.74) is 3.41. The third-order valence-electron chi connectivity index (χ3n) is 4.20. The first-order valence-electron chi connectivity index (χ1n) is 8.82. The Labute approximate surface area is 153 Å². The van der Waals surface area contributed by atoms with Gasteiger partial charge in [0.05, 0.1) is 0 Å². The molecule has 0 radical (unpaired) electrons. The van der Waals surface area contributed by atoms with Crippen molar-refractivity contribution in [2.75, 3.05) is 6.54 Å². The van der Waals surface area contributed by atoms with Crippen molar-refractivity contribution in [3.63, 3.8) is 0 Å². The predicted molar refractivity (Wildman–Crippen MR) is 102 cm³/mol. The third-order valence-corrected chi connectivity index (χ3v) is 4.20. The van der Waals surface area contributed by atoms with Gasteiger partial charge in [0.1, 0.15) is 0 Å². The van der Waals surface area contributed by atoms with Gasteiger partial charge in [0.15, 0.2) is 0 Å². The molecule has 1 amide bonds. The van der Waals surface area contributed by atoms with Gasteiger partial charge in [-0.2, -0.15) is 0 Å². The normalized spacial score (nSPS) is 10.9. The Kier molecular flexibility index (Phi) is 5.46. The van der Waals surface area contributed by atoms with Gasteiger partial charge in [-0.3, -0.25) is 4.79 Å². The highest BCUT2D eigenvalue weighted by Gasteiger charge is 2.13. The molecule has 0 bridgehead atoms. The van der Waals surface area contributed by atoms with Crippen molar-refractivity contribution in [2.24, 2.45) is 5.92 Å². The largest absolute Gasteiger partial charge is 0.416 e. The second kappa shape index (κ2) is 7.95. The Hall–Kier alpha value is -2.95. The van der Waals surface area contributed by atoms with E-state index in [0.29, 0.717) is 29.8 Å². The third kappa shape index (κ3) is 4.17. The molecule has 3 aromatic rings. The van der Waals surface area contributed by atoms with Gasteiger partial charge in [-0.25, -0.2) is 0 Å². The van der Waals surface area contributed by atoms with Gasteiger partial charge in [0.25, 0.3) is 5.91 Å². The van der Waals surface area contributed by atoms with E-state index in [-0.39, 0.29) is 5.91 Å². The van der Waals surface area contributed by atoms with Crippen LogP contribution in [0.3, 0.4) is 0 Å². The highest BCUT2D eigenvalue weighted by molar-refractivity contribution is 5.94. The average molecular weight is 349 g/mol. The Morgan fingerprint density at radius 3 is 2.42 bits per heavy atom. The lowest BCUT2D eigenvalue weighted by Crippen LogP contribution is -2.25. The van der Waals surface area contributed by atoms with Crippen LogP contribution in [-0.4, -0.2) is 22.6 Å². The maximum Gasteiger partial charge on any atom is 0.251 e. The second-order valence-corrected chi connectivity index (χ2v) is 6.74. The van der Waals surface area contributed by atoms with E-state index < -0.39 is 0 Å². The summed E-state index contributed by atoms with van der Waals surface area (Å²) in [6.07, 6.45) is 0.966. The number of carbonyl (C=O) groups excluding carboxylic acids is 1. The van der Waals surface area contributed by atoms with Gasteiger partial charge in [-0.05, 0) is 55.2 Å². The molecule has 5 nitrogen and oxygen atoms in total. The number of hydrogen-bond donors (Lipinski definition) is 1. The van der Waals surface area contributed by atoms with Gasteiger partial charge in [0.2, 0.25) is 11.8 Å². The highest BCUT2D eigenvalue weighted by Crippen LogP contribution is 2.26. The van der Waals surface area contributed by atoms with E-state index in [9.17, 15) is 4.79 Å². The fraction of sp³-hybridized carbons (Fsp3) is 0.286. The number of aromatic nitrogens is 2. The zero-order valence-corrected chi connectivity index (χ0v) is 15.3. The minimum atomic E-state index is -0.0664. The van der Waals surface area contributed by atoms with Crippen LogP contribution in [-0.2, 0) is 0 Å². The Balaban J connectivity index is 1.71. The molecule has 0 aliphatic heterocycles. The summed E-state index contributed by atoms with van der Waals surface area (Å²) in [5.74, 6) is 1.43. The lowest BCUT2D eigenvalue weighted by atomic mass is 10.1. The van der Waals surface area contributed by atoms with Gasteiger partial charge in [-0.1, -0.05) is 32.0 Å². The molecule has 0 fully saturated rings. The molecule has 2 aromatic carbocycles. The summed E-state index contributed by atoms with van der Waals surface area (Å²) in [4.78, 5) is 12.1. The van der Waals surface area contributed by atoms with Crippen molar-refractivity contribution in [1.82, 2.24) is 15.5 Å². The maximum absolute atomic E-state index is 12.1. The topological polar surface area (TPSA) is 68.0 Å². The zero-order valence-electron chi connectivity index (χ0n) is 15.3. The maximum atomic E-state index is 12.1. The number of hydrogen-bond acceptors (Lipinski definition) is 4. The zero-order chi connectivity index (χ0) is 18.5. The van der Waals surface area contributed by atoms with Gasteiger partial charge >= 0.3 is 0 Å². The monoisotopic (exact) mass is 349 g/mol. The molecule has 0 aliphatic carbocycles. The van der Waals surface area contributed by atoms with E-state index in [0.717, 1.165) is 23.1 Å². The van der Waals surface area contributed by atoms with Crippen LogP contribution in [0, 0.1) is 12.8 Å². The highest BCUT2D eigenvalue weighted by atomic mass is 16.4. The molecule has 5 heteroatoms. The quantitative estimate of drug-likeness (QED) is 0.712. The van der Waals surface area contributed by atoms with Crippen molar-refractivity contribution in [1.29, 1.82) is 0 Å². The van der Waals surface area contributed by atoms with Crippen LogP contribution >= 0.6 is 0 Å². The molecule has 0 unspecified atom stereocenters. The molecule has 1 heterocycles. The molecule has 1 N–H and O–H groups in total. The second-order valence-electron chi connectivity index (χ2n) is 6.74. The number of amides is 1. The van der Waals surface area contributed by atoms with Crippen LogP contribution in [0.25, 0.3) is 22.9 Å². The van der Waals surface area contributed by atoms with Crippen molar-refractivity contribution in [3.8, 4) is 22.9 Å². The SMILES string of the molecule is Cc1ccccc1-c1nnc(-c2ccc(C(=O)NCCC(C)C)cc2)o1. The van der Waals surface area contributed by atoms with Crippen molar-refractivity contribution >= 4 is 5.91 Å². The van der Waals surface area contributed by atoms with E-state index in [1.807, 2.05) is 43.3 Å². The van der Waals surface area contributed by atoms with Crippen molar-refractivity contribution in [3.05, 3.63) is 59.7 Å². The lowest BCUT2D eigenvalue weighted by molar-refractivity contribution is 0.0952. The van der Waals surface area contributed by atoms with Crippen molar-refractivity contribution in [2.45, 2.75) is 27.2 Å². The van der Waals surface area contributed by atoms with E-state index in [1.54, 1.807) is 12.1 Å². The minimum Gasteiger partial charge on any atom is -0.416 e. The van der Waals surface area contributed by atoms with Crippen LogP contribution in [0.2, 0.25) is 0 Å². The summed E-state index contributed by atoms with van der Waals surface area (Å²) >= 11 is 0. The van der Waals surface area contributed by atoms with Gasteiger partial charge in [-0.15, -0.1) is 10.2 Å². The summed E-state index contributed by atoms with van der Waals surface area (Å²) in [6, 6.07) is 15.1. The lowest BCUT2D eigenvalue weighted by Gasteiger charge is -2.07. The number of aryl methyl sites for hydroxylation is 1. The van der Waals surface area contributed by atoms with E-state index in [2.05, 4.69) is 29.4 Å². The fourth-order valence-electron chi connectivity index (χ4n) is 2.60. The molecule has 1 aromatic heterocycles. The number of rotatable bonds is 6. The predicted octanol–water partition coefficient (Wildman–Crippen LogP) is 4.49. The fourth-order valence-corrected chi connectivity index (χ4v) is 2.60. The Morgan fingerprint density at radius 1 is 1.04 bits per heavy atom. The molecule has 3 rings (SSSR count). The van der Waals surface area contributed by atoms with Crippen LogP contribution in [0.1, 0.15) is 36.2 Å². The Morgan fingerprint density at radius 2 is 1.73 bits per heavy atom. The van der Waals surface area contributed by atoms with Crippen LogP contribution < -0.4 is 5.32 Å². The number of nitrogens with one attached hydrogen (secondary N) is 1. The number of nitrogens with zero attached hydrogens (tertiary/aromatic N) is 2. The summed E-state index contributed by atoms with van der Waals surface area (Å²) in [7, 11) is 0. The van der Waals surface area contributed by atoms with Crippen molar-refractivity contribution < 1.29 is 9.21 Å². The van der Waals surface area contributed by atoms with Crippen LogP contribution in [0.5, 0.6) is 0 Å². The number of benzene rings is 2. The molecule has 0 spiro atoms. The molecule has 0 atom stereocenters. The van der Waals surface area contributed by atoms with E-state index in [1.165, 1.54) is 0 Å². The molecule has 0 aliphatic rings. The first kappa shape index (κ1) is 17.9. The van der Waals surface area contributed by atoms with E-state index >= 15 is 0 Å². The van der Waals surface area contributed by atoms with E-state index in [4.69, 9.17) is 4.42 Å². The first-order valence-corrected chi connectivity index (χ1v) is 8.82. The van der Waals surface area contributed by atoms with Gasteiger partial charge < -0.3 is 9.73 Å². The minimum absolute atomic E-state index is 0.0664. The smallest absolute Gasteiger partial charge is 0.251 e. The molecule has 0 saturated heterocycles. The molecule has 0 saturated carbocycles. The summed E-state index contributed by atoms with van der Waals surface area (Å²) in [5, 5.41) is 11.2. The summed E-state index contributed by atoms with van der Waals surface area (Å²) < 4.78 is 5.81. The van der Waals surface area contributed by atoms with Gasteiger partial charge in [0, 0.05) is 23.2 Å². The molecular weight excluding hydrogens is 326 g/mol. The standard InChI is InChI=1S/C21H23N3O2/c1-14(2)12-13-22-19(25)16-8-10-17(11-9-16)20-23-24-21(26-20)18-7-5-4-6-15(18)3/h4-11,14H,12-13H2,1-3H3,(H,22,25). The molecule has 134 valence electrons. The first-order chi connectivity index (χ1) is 12.5.